The van der Waals surface area contributed by atoms with Crippen LogP contribution in [0.2, 0.25) is 0 Å². The van der Waals surface area contributed by atoms with Crippen molar-refractivity contribution in [3.8, 4) is 0 Å². The second-order valence-corrected chi connectivity index (χ2v) is 9.15. The number of halogens is 1. The number of nitrogens with zero attached hydrogens (tertiary/aromatic N) is 3. The molecule has 0 aromatic carbocycles. The van der Waals surface area contributed by atoms with Crippen LogP contribution in [-0.2, 0) is 9.84 Å². The maximum atomic E-state index is 11.4. The van der Waals surface area contributed by atoms with Crippen molar-refractivity contribution in [1.29, 1.82) is 0 Å². The number of hydrogen-bond donors (Lipinski definition) is 2. The summed E-state index contributed by atoms with van der Waals surface area (Å²) in [6.45, 7) is 13.5. The Kier molecular flexibility index (Phi) is 12.2. The van der Waals surface area contributed by atoms with E-state index in [0.717, 1.165) is 32.1 Å². The lowest BCUT2D eigenvalue weighted by Crippen LogP contribution is -2.48. The molecule has 0 atom stereocenters. The summed E-state index contributed by atoms with van der Waals surface area (Å²) in [6.07, 6.45) is 0. The van der Waals surface area contributed by atoms with Crippen LogP contribution in [0.25, 0.3) is 0 Å². The van der Waals surface area contributed by atoms with Gasteiger partial charge in [0.2, 0.25) is 0 Å². The summed E-state index contributed by atoms with van der Waals surface area (Å²) in [6, 6.07) is 1.05. The molecule has 0 radical (unpaired) electrons. The second-order valence-electron chi connectivity index (χ2n) is 6.84. The van der Waals surface area contributed by atoms with Gasteiger partial charge < -0.3 is 10.6 Å². The fraction of sp³-hybridized carbons (Fsp3) is 0.938. The van der Waals surface area contributed by atoms with Gasteiger partial charge >= 0.3 is 0 Å². The van der Waals surface area contributed by atoms with E-state index >= 15 is 0 Å². The number of rotatable bonds is 8. The van der Waals surface area contributed by atoms with E-state index < -0.39 is 9.84 Å². The lowest BCUT2D eigenvalue weighted by molar-refractivity contribution is 0.178. The number of nitrogens with one attached hydrogen (secondary N) is 2. The maximum absolute atomic E-state index is 11.4. The molecule has 1 heterocycles. The predicted molar refractivity (Wildman–Crippen MR) is 117 cm³/mol. The number of guanidine groups is 1. The monoisotopic (exact) mass is 489 g/mol. The minimum absolute atomic E-state index is 0. The van der Waals surface area contributed by atoms with E-state index in [1.165, 1.54) is 0 Å². The first-order chi connectivity index (χ1) is 11.2. The van der Waals surface area contributed by atoms with E-state index in [4.69, 9.17) is 0 Å². The number of sulfone groups is 1. The Balaban J connectivity index is 0.00000576. The van der Waals surface area contributed by atoms with Crippen LogP contribution in [-0.4, -0.2) is 94.1 Å². The van der Waals surface area contributed by atoms with Crippen molar-refractivity contribution >= 4 is 39.8 Å². The molecule has 1 aliphatic rings. The zero-order valence-corrected chi connectivity index (χ0v) is 19.4. The highest BCUT2D eigenvalue weighted by Gasteiger charge is 2.21. The number of aliphatic imine (C=N–C) groups is 1. The molecule has 0 aromatic rings. The van der Waals surface area contributed by atoms with Gasteiger partial charge in [-0.15, -0.1) is 24.0 Å². The molecule has 0 bridgehead atoms. The molecular weight excluding hydrogens is 453 g/mol. The van der Waals surface area contributed by atoms with E-state index in [1.807, 2.05) is 0 Å². The average Bonchev–Trinajstić information content (AvgIpc) is 2.50. The van der Waals surface area contributed by atoms with Crippen LogP contribution in [0.15, 0.2) is 4.99 Å². The first-order valence-electron chi connectivity index (χ1n) is 8.88. The van der Waals surface area contributed by atoms with Gasteiger partial charge in [0.05, 0.1) is 11.5 Å². The van der Waals surface area contributed by atoms with E-state index in [2.05, 4.69) is 53.1 Å². The lowest BCUT2D eigenvalue weighted by Gasteiger charge is -2.30. The molecule has 1 rings (SSSR count). The molecule has 25 heavy (non-hydrogen) atoms. The summed E-state index contributed by atoms with van der Waals surface area (Å²) >= 11 is 0. The number of hydrogen-bond acceptors (Lipinski definition) is 5. The largest absolute Gasteiger partial charge is 0.355 e. The Morgan fingerprint density at radius 2 is 1.60 bits per heavy atom. The normalized spacial score (nSPS) is 18.5. The van der Waals surface area contributed by atoms with Crippen molar-refractivity contribution in [2.24, 2.45) is 4.99 Å². The topological polar surface area (TPSA) is 77.0 Å². The molecule has 1 saturated heterocycles. The van der Waals surface area contributed by atoms with Crippen molar-refractivity contribution < 1.29 is 8.42 Å². The fourth-order valence-electron chi connectivity index (χ4n) is 2.94. The Morgan fingerprint density at radius 1 is 1.08 bits per heavy atom. The highest BCUT2D eigenvalue weighted by Crippen LogP contribution is 2.03. The summed E-state index contributed by atoms with van der Waals surface area (Å²) in [5.74, 6) is 1.35. The molecule has 7 nitrogen and oxygen atoms in total. The standard InChI is InChI=1S/C16H35N5O2S.HI/c1-14(2)21(15(3)4)9-7-19-16(17-5)18-6-8-20-10-12-24(22,23)13-11-20;/h14-15H,6-13H2,1-5H3,(H2,17,18,19);1H. The molecular formula is C16H36IN5O2S. The highest BCUT2D eigenvalue weighted by atomic mass is 127. The van der Waals surface area contributed by atoms with Gasteiger partial charge in [-0.25, -0.2) is 8.42 Å². The van der Waals surface area contributed by atoms with E-state index in [-0.39, 0.29) is 35.5 Å². The van der Waals surface area contributed by atoms with Crippen LogP contribution >= 0.6 is 24.0 Å². The Bertz CT molecular complexity index is 475. The van der Waals surface area contributed by atoms with Crippen LogP contribution in [0, 0.1) is 0 Å². The van der Waals surface area contributed by atoms with Crippen molar-refractivity contribution in [2.75, 3.05) is 57.8 Å². The molecule has 1 aliphatic heterocycles. The predicted octanol–water partition coefficient (Wildman–Crippen LogP) is 0.619. The molecule has 1 fully saturated rings. The van der Waals surface area contributed by atoms with Crippen LogP contribution in [0.4, 0.5) is 0 Å². The fourth-order valence-corrected chi connectivity index (χ4v) is 4.22. The molecule has 0 spiro atoms. The molecule has 0 saturated carbocycles. The molecule has 150 valence electrons. The minimum atomic E-state index is -2.80. The Hall–Kier alpha value is -0.130. The lowest BCUT2D eigenvalue weighted by atomic mass is 10.2. The van der Waals surface area contributed by atoms with Gasteiger partial charge in [0, 0.05) is 58.4 Å². The molecule has 0 aliphatic carbocycles. The van der Waals surface area contributed by atoms with E-state index in [9.17, 15) is 8.42 Å². The molecule has 2 N–H and O–H groups in total. The quantitative estimate of drug-likeness (QED) is 0.296. The second kappa shape index (κ2) is 12.3. The first kappa shape index (κ1) is 24.9. The zero-order chi connectivity index (χ0) is 18.2. The third-order valence-electron chi connectivity index (χ3n) is 4.37. The summed E-state index contributed by atoms with van der Waals surface area (Å²) in [4.78, 5) is 8.86. The smallest absolute Gasteiger partial charge is 0.191 e. The van der Waals surface area contributed by atoms with E-state index in [0.29, 0.717) is 25.2 Å². The van der Waals surface area contributed by atoms with Gasteiger partial charge in [0.15, 0.2) is 15.8 Å². The van der Waals surface area contributed by atoms with Crippen molar-refractivity contribution in [3.05, 3.63) is 0 Å². The van der Waals surface area contributed by atoms with Crippen molar-refractivity contribution in [3.63, 3.8) is 0 Å². The average molecular weight is 489 g/mol. The first-order valence-corrected chi connectivity index (χ1v) is 10.7. The van der Waals surface area contributed by atoms with Gasteiger partial charge in [0.1, 0.15) is 0 Å². The van der Waals surface area contributed by atoms with E-state index in [1.54, 1.807) is 7.05 Å². The molecule has 0 amide bonds. The zero-order valence-electron chi connectivity index (χ0n) is 16.3. The van der Waals surface area contributed by atoms with Gasteiger partial charge in [0.25, 0.3) is 0 Å². The summed E-state index contributed by atoms with van der Waals surface area (Å²) in [5, 5.41) is 6.64. The van der Waals surface area contributed by atoms with Crippen LogP contribution in [0.3, 0.4) is 0 Å². The van der Waals surface area contributed by atoms with Crippen molar-refractivity contribution in [1.82, 2.24) is 20.4 Å². The van der Waals surface area contributed by atoms with Crippen LogP contribution in [0.1, 0.15) is 27.7 Å². The summed E-state index contributed by atoms with van der Waals surface area (Å²) < 4.78 is 22.8. The minimum Gasteiger partial charge on any atom is -0.355 e. The third kappa shape index (κ3) is 9.95. The Morgan fingerprint density at radius 3 is 2.08 bits per heavy atom. The van der Waals surface area contributed by atoms with Crippen molar-refractivity contribution in [2.45, 2.75) is 39.8 Å². The molecule has 0 aromatic heterocycles. The van der Waals surface area contributed by atoms with Crippen LogP contribution in [0.5, 0.6) is 0 Å². The van der Waals surface area contributed by atoms with Gasteiger partial charge in [-0.2, -0.15) is 0 Å². The Labute approximate surface area is 170 Å². The third-order valence-corrected chi connectivity index (χ3v) is 5.98. The van der Waals surface area contributed by atoms with Gasteiger partial charge in [-0.1, -0.05) is 0 Å². The summed E-state index contributed by atoms with van der Waals surface area (Å²) in [5.41, 5.74) is 0. The van der Waals surface area contributed by atoms with Gasteiger partial charge in [-0.3, -0.25) is 14.8 Å². The van der Waals surface area contributed by atoms with Crippen LogP contribution < -0.4 is 10.6 Å². The maximum Gasteiger partial charge on any atom is 0.191 e. The molecule has 9 heteroatoms. The summed E-state index contributed by atoms with van der Waals surface area (Å²) in [7, 11) is -1.03. The van der Waals surface area contributed by atoms with Gasteiger partial charge in [-0.05, 0) is 27.7 Å². The molecule has 0 unspecified atom stereocenters. The SMILES string of the molecule is CN=C(NCCN1CCS(=O)(=O)CC1)NCCN(C(C)C)C(C)C.I. The highest BCUT2D eigenvalue weighted by molar-refractivity contribution is 14.0.